The Bertz CT molecular complexity index is 393. The number of hydrogen-bond acceptors (Lipinski definition) is 3. The molecule has 6 heteroatoms. The normalized spacial score (nSPS) is 11.5. The number of non-ortho nitro benzene ring substituents is 1. The lowest BCUT2D eigenvalue weighted by Crippen LogP contribution is -2.20. The molecule has 1 rings (SSSR count). The zero-order valence-electron chi connectivity index (χ0n) is 7.91. The Balaban J connectivity index is 3.28. The van der Waals surface area contributed by atoms with Crippen molar-refractivity contribution in [1.82, 2.24) is 0 Å². The van der Waals surface area contributed by atoms with Gasteiger partial charge in [-0.15, -0.1) is 0 Å². The van der Waals surface area contributed by atoms with E-state index in [0.29, 0.717) is 0 Å². The standard InChI is InChI=1S/C9H9F2NO3/c1-6-2-3-7(12(14)15)4-8(6)9(10,11)5-13/h2-4,13H,5H2,1H3. The Labute approximate surface area is 84.3 Å². The molecule has 0 fully saturated rings. The van der Waals surface area contributed by atoms with Crippen LogP contribution in [0.2, 0.25) is 0 Å². The predicted octanol–water partition coefficient (Wildman–Crippen LogP) is 1.99. The van der Waals surface area contributed by atoms with Crippen molar-refractivity contribution in [3.63, 3.8) is 0 Å². The van der Waals surface area contributed by atoms with Gasteiger partial charge in [-0.3, -0.25) is 10.1 Å². The molecule has 1 aromatic carbocycles. The Kier molecular flexibility index (Phi) is 2.99. The van der Waals surface area contributed by atoms with E-state index >= 15 is 0 Å². The number of rotatable bonds is 3. The smallest absolute Gasteiger partial charge is 0.296 e. The lowest BCUT2D eigenvalue weighted by Gasteiger charge is -2.15. The van der Waals surface area contributed by atoms with Gasteiger partial charge in [0.05, 0.1) is 4.92 Å². The SMILES string of the molecule is Cc1ccc([N+](=O)[O-])cc1C(F)(F)CO. The van der Waals surface area contributed by atoms with E-state index in [2.05, 4.69) is 0 Å². The van der Waals surface area contributed by atoms with Crippen LogP contribution in [-0.2, 0) is 5.92 Å². The van der Waals surface area contributed by atoms with Gasteiger partial charge in [0.15, 0.2) is 0 Å². The summed E-state index contributed by atoms with van der Waals surface area (Å²) >= 11 is 0. The summed E-state index contributed by atoms with van der Waals surface area (Å²) in [6.45, 7) is 0.0393. The summed E-state index contributed by atoms with van der Waals surface area (Å²) in [6.07, 6.45) is 0. The number of alkyl halides is 2. The van der Waals surface area contributed by atoms with Gasteiger partial charge in [0, 0.05) is 17.7 Å². The fourth-order valence-corrected chi connectivity index (χ4v) is 1.20. The molecule has 0 bridgehead atoms. The average Bonchev–Trinajstić information content (AvgIpc) is 2.17. The number of hydrogen-bond donors (Lipinski definition) is 1. The van der Waals surface area contributed by atoms with Crippen molar-refractivity contribution in [3.8, 4) is 0 Å². The molecule has 0 aliphatic carbocycles. The number of nitro benzene ring substituents is 1. The Morgan fingerprint density at radius 1 is 1.53 bits per heavy atom. The van der Waals surface area contributed by atoms with Crippen LogP contribution in [0.3, 0.4) is 0 Å². The van der Waals surface area contributed by atoms with Crippen molar-refractivity contribution >= 4 is 5.69 Å². The molecule has 0 unspecified atom stereocenters. The van der Waals surface area contributed by atoms with Crippen LogP contribution >= 0.6 is 0 Å². The van der Waals surface area contributed by atoms with Gasteiger partial charge in [-0.25, -0.2) is 0 Å². The number of aliphatic hydroxyl groups is 1. The first-order chi connectivity index (χ1) is 6.88. The van der Waals surface area contributed by atoms with Crippen LogP contribution < -0.4 is 0 Å². The minimum atomic E-state index is -3.45. The van der Waals surface area contributed by atoms with E-state index in [9.17, 15) is 18.9 Å². The molecular weight excluding hydrogens is 208 g/mol. The summed E-state index contributed by atoms with van der Waals surface area (Å²) in [5.41, 5.74) is -0.720. The monoisotopic (exact) mass is 217 g/mol. The number of nitrogens with zero attached hydrogens (tertiary/aromatic N) is 1. The van der Waals surface area contributed by atoms with Gasteiger partial charge in [0.25, 0.3) is 11.6 Å². The molecule has 0 aromatic heterocycles. The van der Waals surface area contributed by atoms with Gasteiger partial charge < -0.3 is 5.11 Å². The first-order valence-corrected chi connectivity index (χ1v) is 4.12. The highest BCUT2D eigenvalue weighted by Gasteiger charge is 2.33. The van der Waals surface area contributed by atoms with Crippen molar-refractivity contribution in [2.75, 3.05) is 6.61 Å². The molecule has 82 valence electrons. The molecular formula is C9H9F2NO3. The van der Waals surface area contributed by atoms with Crippen LogP contribution in [0.4, 0.5) is 14.5 Å². The number of benzene rings is 1. The molecule has 0 saturated carbocycles. The fraction of sp³-hybridized carbons (Fsp3) is 0.333. The third-order valence-electron chi connectivity index (χ3n) is 2.02. The second-order valence-corrected chi connectivity index (χ2v) is 3.12. The molecule has 0 saturated heterocycles. The van der Waals surface area contributed by atoms with Gasteiger partial charge in [-0.05, 0) is 12.5 Å². The van der Waals surface area contributed by atoms with Crippen LogP contribution in [-0.4, -0.2) is 16.6 Å². The topological polar surface area (TPSA) is 63.4 Å². The molecule has 0 heterocycles. The van der Waals surface area contributed by atoms with Gasteiger partial charge in [0.1, 0.15) is 6.61 Å². The van der Waals surface area contributed by atoms with Gasteiger partial charge >= 0.3 is 0 Å². The van der Waals surface area contributed by atoms with Gasteiger partial charge in [-0.1, -0.05) is 6.07 Å². The third kappa shape index (κ3) is 2.27. The molecule has 1 aromatic rings. The quantitative estimate of drug-likeness (QED) is 0.622. The van der Waals surface area contributed by atoms with E-state index in [0.717, 1.165) is 12.1 Å². The molecule has 0 radical (unpaired) electrons. The van der Waals surface area contributed by atoms with Crippen LogP contribution in [0.25, 0.3) is 0 Å². The van der Waals surface area contributed by atoms with Gasteiger partial charge in [0.2, 0.25) is 0 Å². The third-order valence-corrected chi connectivity index (χ3v) is 2.02. The van der Waals surface area contributed by atoms with Crippen LogP contribution in [0, 0.1) is 17.0 Å². The predicted molar refractivity (Wildman–Crippen MR) is 48.8 cm³/mol. The summed E-state index contributed by atoms with van der Waals surface area (Å²) in [5, 5.41) is 18.9. The van der Waals surface area contributed by atoms with Crippen molar-refractivity contribution in [1.29, 1.82) is 0 Å². The Morgan fingerprint density at radius 2 is 2.13 bits per heavy atom. The van der Waals surface area contributed by atoms with Crippen LogP contribution in [0.15, 0.2) is 18.2 Å². The number of aryl methyl sites for hydroxylation is 1. The minimum Gasteiger partial charge on any atom is -0.390 e. The minimum absolute atomic E-state index is 0.208. The molecule has 0 spiro atoms. The molecule has 0 amide bonds. The van der Waals surface area contributed by atoms with E-state index in [1.165, 1.54) is 13.0 Å². The van der Waals surface area contributed by atoms with E-state index in [4.69, 9.17) is 5.11 Å². The number of aliphatic hydroxyl groups excluding tert-OH is 1. The van der Waals surface area contributed by atoms with E-state index in [-0.39, 0.29) is 5.56 Å². The maximum atomic E-state index is 13.1. The largest absolute Gasteiger partial charge is 0.390 e. The molecule has 0 aliphatic heterocycles. The summed E-state index contributed by atoms with van der Waals surface area (Å²) < 4.78 is 26.2. The number of halogens is 2. The van der Waals surface area contributed by atoms with Crippen molar-refractivity contribution in [2.45, 2.75) is 12.8 Å². The Hall–Kier alpha value is -1.56. The van der Waals surface area contributed by atoms with Crippen LogP contribution in [0.5, 0.6) is 0 Å². The highest BCUT2D eigenvalue weighted by Crippen LogP contribution is 2.32. The lowest BCUT2D eigenvalue weighted by molar-refractivity contribution is -0.385. The second kappa shape index (κ2) is 3.90. The maximum absolute atomic E-state index is 13.1. The number of nitro groups is 1. The lowest BCUT2D eigenvalue weighted by atomic mass is 10.0. The van der Waals surface area contributed by atoms with E-state index in [1.807, 2.05) is 0 Å². The maximum Gasteiger partial charge on any atom is 0.296 e. The van der Waals surface area contributed by atoms with Crippen LogP contribution in [0.1, 0.15) is 11.1 Å². The van der Waals surface area contributed by atoms with E-state index < -0.39 is 28.7 Å². The van der Waals surface area contributed by atoms with Crippen molar-refractivity contribution in [3.05, 3.63) is 39.4 Å². The summed E-state index contributed by atoms with van der Waals surface area (Å²) in [6, 6.07) is 3.16. The summed E-state index contributed by atoms with van der Waals surface area (Å²) in [5.74, 6) is -3.45. The fourth-order valence-electron chi connectivity index (χ4n) is 1.20. The van der Waals surface area contributed by atoms with E-state index in [1.54, 1.807) is 0 Å². The molecule has 0 aliphatic rings. The first kappa shape index (κ1) is 11.5. The first-order valence-electron chi connectivity index (χ1n) is 4.12. The van der Waals surface area contributed by atoms with Crippen molar-refractivity contribution in [2.24, 2.45) is 0 Å². The highest BCUT2D eigenvalue weighted by molar-refractivity contribution is 5.41. The van der Waals surface area contributed by atoms with Gasteiger partial charge in [-0.2, -0.15) is 8.78 Å². The summed E-state index contributed by atoms with van der Waals surface area (Å²) in [4.78, 5) is 9.62. The molecule has 0 atom stereocenters. The second-order valence-electron chi connectivity index (χ2n) is 3.12. The average molecular weight is 217 g/mol. The highest BCUT2D eigenvalue weighted by atomic mass is 19.3. The van der Waals surface area contributed by atoms with Crippen molar-refractivity contribution < 1.29 is 18.8 Å². The molecule has 4 nitrogen and oxygen atoms in total. The summed E-state index contributed by atoms with van der Waals surface area (Å²) in [7, 11) is 0. The zero-order chi connectivity index (χ0) is 11.6. The zero-order valence-corrected chi connectivity index (χ0v) is 7.91. The molecule has 1 N–H and O–H groups in total. The molecule has 15 heavy (non-hydrogen) atoms. The Morgan fingerprint density at radius 3 is 2.60 bits per heavy atom.